The quantitative estimate of drug-likeness (QED) is 0.764. The topological polar surface area (TPSA) is 43.9 Å². The first-order valence-corrected chi connectivity index (χ1v) is 10.2. The molecule has 25 heavy (non-hydrogen) atoms. The highest BCUT2D eigenvalue weighted by Crippen LogP contribution is 2.32. The summed E-state index contributed by atoms with van der Waals surface area (Å²) in [5.41, 5.74) is 0. The van der Waals surface area contributed by atoms with E-state index in [2.05, 4.69) is 23.6 Å². The van der Waals surface area contributed by atoms with Gasteiger partial charge in [-0.3, -0.25) is 14.5 Å². The van der Waals surface area contributed by atoms with E-state index in [9.17, 15) is 9.59 Å². The van der Waals surface area contributed by atoms with Crippen LogP contribution in [0, 0.1) is 17.8 Å². The van der Waals surface area contributed by atoms with Gasteiger partial charge in [-0.2, -0.15) is 0 Å². The largest absolute Gasteiger partial charge is 0.345 e. The fourth-order valence-electron chi connectivity index (χ4n) is 4.53. The van der Waals surface area contributed by atoms with Crippen molar-refractivity contribution in [3.8, 4) is 0 Å². The van der Waals surface area contributed by atoms with E-state index in [-0.39, 0.29) is 5.92 Å². The molecule has 0 aromatic rings. The van der Waals surface area contributed by atoms with E-state index in [0.717, 1.165) is 71.2 Å². The Kier molecular flexibility index (Phi) is 6.03. The van der Waals surface area contributed by atoms with Crippen molar-refractivity contribution < 1.29 is 9.59 Å². The van der Waals surface area contributed by atoms with Crippen LogP contribution < -0.4 is 0 Å². The van der Waals surface area contributed by atoms with Crippen molar-refractivity contribution in [2.45, 2.75) is 58.4 Å². The van der Waals surface area contributed by atoms with E-state index < -0.39 is 0 Å². The van der Waals surface area contributed by atoms with Gasteiger partial charge in [-0.15, -0.1) is 0 Å². The van der Waals surface area contributed by atoms with E-state index in [1.54, 1.807) is 0 Å². The van der Waals surface area contributed by atoms with E-state index in [4.69, 9.17) is 0 Å². The van der Waals surface area contributed by atoms with Crippen LogP contribution in [0.25, 0.3) is 0 Å². The molecule has 0 aromatic heterocycles. The number of carbonyl (C=O) groups is 2. The number of carbonyl (C=O) groups excluding carboxylic acids is 2. The molecule has 0 bridgehead atoms. The van der Waals surface area contributed by atoms with Crippen LogP contribution in [0.5, 0.6) is 0 Å². The van der Waals surface area contributed by atoms with Crippen LogP contribution in [0.4, 0.5) is 0 Å². The normalized spacial score (nSPS) is 26.1. The summed E-state index contributed by atoms with van der Waals surface area (Å²) in [7, 11) is 1.95. The lowest BCUT2D eigenvalue weighted by molar-refractivity contribution is -0.137. The number of rotatable bonds is 5. The lowest BCUT2D eigenvalue weighted by atomic mass is 9.92. The Hall–Kier alpha value is -1.10. The molecule has 0 radical (unpaired) electrons. The summed E-state index contributed by atoms with van der Waals surface area (Å²) in [5, 5.41) is 0. The molecular weight excluding hydrogens is 314 g/mol. The first-order chi connectivity index (χ1) is 12.0. The van der Waals surface area contributed by atoms with Crippen molar-refractivity contribution in [2.24, 2.45) is 17.8 Å². The zero-order valence-electron chi connectivity index (χ0n) is 16.2. The lowest BCUT2D eigenvalue weighted by Gasteiger charge is -2.42. The highest BCUT2D eigenvalue weighted by molar-refractivity contribution is 5.81. The lowest BCUT2D eigenvalue weighted by Crippen LogP contribution is -2.52. The molecule has 3 rings (SSSR count). The van der Waals surface area contributed by atoms with Gasteiger partial charge in [0.15, 0.2) is 0 Å². The predicted octanol–water partition coefficient (Wildman–Crippen LogP) is 2.21. The molecule has 1 aliphatic carbocycles. The van der Waals surface area contributed by atoms with Crippen LogP contribution in [0.1, 0.15) is 52.4 Å². The third kappa shape index (κ3) is 4.75. The summed E-state index contributed by atoms with van der Waals surface area (Å²) in [5.74, 6) is 1.72. The van der Waals surface area contributed by atoms with Crippen molar-refractivity contribution in [1.29, 1.82) is 0 Å². The average molecular weight is 350 g/mol. The molecule has 3 aliphatic rings. The zero-order chi connectivity index (χ0) is 18.0. The minimum absolute atomic E-state index is 0.156. The molecule has 0 spiro atoms. The second kappa shape index (κ2) is 8.07. The molecule has 0 N–H and O–H groups in total. The minimum atomic E-state index is 0.156. The van der Waals surface area contributed by atoms with Gasteiger partial charge in [-0.1, -0.05) is 13.8 Å². The maximum absolute atomic E-state index is 12.7. The van der Waals surface area contributed by atoms with Gasteiger partial charge in [0.05, 0.1) is 5.92 Å². The van der Waals surface area contributed by atoms with Gasteiger partial charge in [-0.25, -0.2) is 0 Å². The summed E-state index contributed by atoms with van der Waals surface area (Å²) in [6.07, 6.45) is 6.48. The molecule has 2 saturated heterocycles. The van der Waals surface area contributed by atoms with Crippen LogP contribution in [-0.4, -0.2) is 72.3 Å². The van der Waals surface area contributed by atoms with Crippen molar-refractivity contribution in [3.05, 3.63) is 0 Å². The van der Waals surface area contributed by atoms with Gasteiger partial charge in [-0.05, 0) is 51.0 Å². The second-order valence-electron chi connectivity index (χ2n) is 8.78. The maximum Gasteiger partial charge on any atom is 0.226 e. The summed E-state index contributed by atoms with van der Waals surface area (Å²) in [6, 6.07) is 0.550. The molecule has 0 aromatic carbocycles. The smallest absolute Gasteiger partial charge is 0.226 e. The number of hydrogen-bond donors (Lipinski definition) is 0. The summed E-state index contributed by atoms with van der Waals surface area (Å²) < 4.78 is 0. The predicted molar refractivity (Wildman–Crippen MR) is 99.1 cm³/mol. The van der Waals surface area contributed by atoms with Crippen LogP contribution in [0.3, 0.4) is 0 Å². The molecule has 2 heterocycles. The number of hydrogen-bond acceptors (Lipinski definition) is 3. The average Bonchev–Trinajstić information content (AvgIpc) is 3.45. The maximum atomic E-state index is 12.7. The van der Waals surface area contributed by atoms with E-state index in [1.807, 2.05) is 11.9 Å². The van der Waals surface area contributed by atoms with Crippen molar-refractivity contribution in [3.63, 3.8) is 0 Å². The Balaban J connectivity index is 1.48. The Morgan fingerprint density at radius 3 is 2.28 bits per heavy atom. The summed E-state index contributed by atoms with van der Waals surface area (Å²) in [6.45, 7) is 8.99. The van der Waals surface area contributed by atoms with Crippen molar-refractivity contribution >= 4 is 11.8 Å². The van der Waals surface area contributed by atoms with Gasteiger partial charge in [0, 0.05) is 45.2 Å². The Labute approximate surface area is 152 Å². The molecule has 2 aliphatic heterocycles. The Bertz CT molecular complexity index is 481. The van der Waals surface area contributed by atoms with Gasteiger partial charge < -0.3 is 9.80 Å². The number of piperidine rings is 2. The highest BCUT2D eigenvalue weighted by Gasteiger charge is 2.37. The highest BCUT2D eigenvalue weighted by atomic mass is 16.2. The summed E-state index contributed by atoms with van der Waals surface area (Å²) in [4.78, 5) is 31.5. The first kappa shape index (κ1) is 18.7. The number of nitrogens with zero attached hydrogens (tertiary/aromatic N) is 3. The third-order valence-corrected chi connectivity index (χ3v) is 6.04. The van der Waals surface area contributed by atoms with Crippen molar-refractivity contribution in [1.82, 2.24) is 14.7 Å². The molecule has 2 amide bonds. The molecule has 5 nitrogen and oxygen atoms in total. The second-order valence-corrected chi connectivity index (χ2v) is 8.78. The van der Waals surface area contributed by atoms with Gasteiger partial charge in [0.1, 0.15) is 0 Å². The van der Waals surface area contributed by atoms with Crippen LogP contribution in [0.15, 0.2) is 0 Å². The van der Waals surface area contributed by atoms with E-state index in [1.165, 1.54) is 0 Å². The van der Waals surface area contributed by atoms with Gasteiger partial charge in [0.2, 0.25) is 11.8 Å². The summed E-state index contributed by atoms with van der Waals surface area (Å²) >= 11 is 0. The molecule has 1 unspecified atom stereocenters. The molecule has 1 saturated carbocycles. The SMILES string of the molecule is CC(C)CN(C)C(=O)C1CCCN(C2CCN(C(=O)C3CC3)CC2)C1. The zero-order valence-corrected chi connectivity index (χ0v) is 16.2. The third-order valence-electron chi connectivity index (χ3n) is 6.04. The van der Waals surface area contributed by atoms with E-state index in [0.29, 0.717) is 29.7 Å². The van der Waals surface area contributed by atoms with Gasteiger partial charge >= 0.3 is 0 Å². The monoisotopic (exact) mass is 349 g/mol. The number of amides is 2. The Morgan fingerprint density at radius 1 is 1.00 bits per heavy atom. The first-order valence-electron chi connectivity index (χ1n) is 10.2. The number of likely N-dealkylation sites (tertiary alicyclic amines) is 2. The van der Waals surface area contributed by atoms with E-state index >= 15 is 0 Å². The minimum Gasteiger partial charge on any atom is -0.345 e. The Morgan fingerprint density at radius 2 is 1.68 bits per heavy atom. The van der Waals surface area contributed by atoms with Crippen LogP contribution in [0.2, 0.25) is 0 Å². The fourth-order valence-corrected chi connectivity index (χ4v) is 4.53. The molecule has 142 valence electrons. The standard InChI is InChI=1S/C20H35N3O2/c1-15(2)13-21(3)19(24)17-5-4-10-23(14-17)18-8-11-22(12-9-18)20(25)16-6-7-16/h15-18H,4-14H2,1-3H3. The molecule has 3 fully saturated rings. The van der Waals surface area contributed by atoms with Gasteiger partial charge in [0.25, 0.3) is 0 Å². The molecule has 1 atom stereocenters. The molecule has 5 heteroatoms. The van der Waals surface area contributed by atoms with Crippen LogP contribution >= 0.6 is 0 Å². The van der Waals surface area contributed by atoms with Crippen molar-refractivity contribution in [2.75, 3.05) is 39.8 Å². The molecular formula is C20H35N3O2. The van der Waals surface area contributed by atoms with Crippen LogP contribution in [-0.2, 0) is 9.59 Å². The fraction of sp³-hybridized carbons (Fsp3) is 0.900.